The van der Waals surface area contributed by atoms with Crippen molar-refractivity contribution in [3.63, 3.8) is 0 Å². The van der Waals surface area contributed by atoms with Gasteiger partial charge in [0.25, 0.3) is 0 Å². The number of hydrogen-bond donors (Lipinski definition) is 2. The molecule has 0 bridgehead atoms. The maximum absolute atomic E-state index is 12.8. The summed E-state index contributed by atoms with van der Waals surface area (Å²) in [6, 6.07) is 23.8. The Morgan fingerprint density at radius 3 is 2.47 bits per heavy atom. The lowest BCUT2D eigenvalue weighted by Crippen LogP contribution is -2.43. The van der Waals surface area contributed by atoms with Gasteiger partial charge in [-0.3, -0.25) is 0 Å². The molecular formula is C27H27NO6. The third-order valence-electron chi connectivity index (χ3n) is 5.72. The van der Waals surface area contributed by atoms with Crippen molar-refractivity contribution in [3.05, 3.63) is 95.6 Å². The number of nitrogens with zero attached hydrogens (tertiary/aromatic N) is 1. The van der Waals surface area contributed by atoms with Crippen molar-refractivity contribution >= 4 is 11.9 Å². The van der Waals surface area contributed by atoms with Crippen molar-refractivity contribution in [3.8, 4) is 11.5 Å². The van der Waals surface area contributed by atoms with Crippen LogP contribution < -0.4 is 9.47 Å². The zero-order chi connectivity index (χ0) is 24.0. The molecule has 3 aromatic rings. The number of carboxylic acids is 1. The van der Waals surface area contributed by atoms with Gasteiger partial charge in [0.15, 0.2) is 6.10 Å². The first-order chi connectivity index (χ1) is 16.6. The largest absolute Gasteiger partial charge is 0.497 e. The number of benzene rings is 3. The van der Waals surface area contributed by atoms with Crippen LogP contribution >= 0.6 is 0 Å². The molecule has 176 valence electrons. The van der Waals surface area contributed by atoms with Gasteiger partial charge in [-0.2, -0.15) is 0 Å². The van der Waals surface area contributed by atoms with Gasteiger partial charge < -0.3 is 24.4 Å². The van der Waals surface area contributed by atoms with Gasteiger partial charge in [-0.1, -0.05) is 42.5 Å². The highest BCUT2D eigenvalue weighted by atomic mass is 16.5. The topological polar surface area (TPSA) is 97.6 Å². The number of hydrogen-bond acceptors (Lipinski definition) is 6. The Morgan fingerprint density at radius 2 is 1.79 bits per heavy atom. The molecule has 0 aliphatic carbocycles. The predicted molar refractivity (Wildman–Crippen MR) is 128 cm³/mol. The van der Waals surface area contributed by atoms with Gasteiger partial charge in [-0.15, -0.1) is 0 Å². The van der Waals surface area contributed by atoms with Gasteiger partial charge in [-0.05, 0) is 47.5 Å². The van der Waals surface area contributed by atoms with Crippen LogP contribution in [0.4, 0.5) is 0 Å². The Balaban J connectivity index is 1.72. The van der Waals surface area contributed by atoms with E-state index in [0.717, 1.165) is 5.56 Å². The van der Waals surface area contributed by atoms with E-state index in [2.05, 4.69) is 4.99 Å². The lowest BCUT2D eigenvalue weighted by Gasteiger charge is -2.28. The molecule has 7 nitrogen and oxygen atoms in total. The lowest BCUT2D eigenvalue weighted by molar-refractivity contribution is -0.146. The fourth-order valence-electron chi connectivity index (χ4n) is 3.98. The van der Waals surface area contributed by atoms with E-state index in [1.807, 2.05) is 42.5 Å². The summed E-state index contributed by atoms with van der Waals surface area (Å²) in [4.78, 5) is 17.5. The number of ether oxygens (including phenoxy) is 3. The van der Waals surface area contributed by atoms with Crippen LogP contribution in [-0.2, 0) is 16.0 Å². The highest BCUT2D eigenvalue weighted by molar-refractivity contribution is 5.99. The SMILES string of the molecule is COc1cccc([C@H]2OC(c3ccc(OCCCO)cc3)=N[C@@]2(Cc2ccccc2)C(=O)O)c1. The van der Waals surface area contributed by atoms with E-state index in [9.17, 15) is 9.90 Å². The molecule has 34 heavy (non-hydrogen) atoms. The lowest BCUT2D eigenvalue weighted by atomic mass is 9.83. The number of aliphatic carboxylic acids is 1. The second-order valence-corrected chi connectivity index (χ2v) is 8.03. The van der Waals surface area contributed by atoms with Crippen LogP contribution in [-0.4, -0.2) is 47.9 Å². The molecule has 1 aliphatic rings. The second kappa shape index (κ2) is 10.4. The molecule has 0 aromatic heterocycles. The minimum absolute atomic E-state index is 0.0626. The van der Waals surface area contributed by atoms with Gasteiger partial charge >= 0.3 is 5.97 Å². The summed E-state index contributed by atoms with van der Waals surface area (Å²) in [6.07, 6.45) is -0.145. The van der Waals surface area contributed by atoms with Crippen molar-refractivity contribution in [1.82, 2.24) is 0 Å². The van der Waals surface area contributed by atoms with Crippen LogP contribution in [0.15, 0.2) is 83.9 Å². The monoisotopic (exact) mass is 461 g/mol. The smallest absolute Gasteiger partial charge is 0.336 e. The fraction of sp³-hybridized carbons (Fsp3) is 0.259. The molecule has 0 spiro atoms. The van der Waals surface area contributed by atoms with Crippen LogP contribution in [0, 0.1) is 0 Å². The van der Waals surface area contributed by atoms with E-state index in [-0.39, 0.29) is 18.9 Å². The summed E-state index contributed by atoms with van der Waals surface area (Å²) < 4.78 is 17.2. The van der Waals surface area contributed by atoms with E-state index < -0.39 is 17.6 Å². The Hall–Kier alpha value is -3.84. The molecule has 1 heterocycles. The fourth-order valence-corrected chi connectivity index (χ4v) is 3.98. The third-order valence-corrected chi connectivity index (χ3v) is 5.72. The number of aliphatic imine (C=N–C) groups is 1. The highest BCUT2D eigenvalue weighted by Gasteiger charge is 2.53. The quantitative estimate of drug-likeness (QED) is 0.442. The van der Waals surface area contributed by atoms with E-state index in [1.54, 1.807) is 43.5 Å². The standard InChI is InChI=1S/C27H27NO6/c1-32-23-10-5-9-21(17-23)24-27(26(30)31,18-19-7-3-2-4-8-19)28-25(34-24)20-11-13-22(14-12-20)33-16-6-15-29/h2-5,7-14,17,24,29H,6,15-16,18H2,1H3,(H,30,31)/t24-,27-/m1/s1. The first kappa shape index (κ1) is 23.3. The molecule has 3 aromatic carbocycles. The number of carboxylic acid groups (broad SMARTS) is 1. The van der Waals surface area contributed by atoms with Crippen molar-refractivity contribution in [2.75, 3.05) is 20.3 Å². The minimum Gasteiger partial charge on any atom is -0.497 e. The van der Waals surface area contributed by atoms with Crippen LogP contribution in [0.3, 0.4) is 0 Å². The van der Waals surface area contributed by atoms with Gasteiger partial charge in [0.05, 0.1) is 13.7 Å². The molecule has 2 atom stereocenters. The number of carbonyl (C=O) groups is 1. The maximum atomic E-state index is 12.8. The summed E-state index contributed by atoms with van der Waals surface area (Å²) in [7, 11) is 1.56. The van der Waals surface area contributed by atoms with E-state index in [0.29, 0.717) is 35.7 Å². The van der Waals surface area contributed by atoms with Crippen molar-refractivity contribution < 1.29 is 29.2 Å². The van der Waals surface area contributed by atoms with E-state index >= 15 is 0 Å². The zero-order valence-corrected chi connectivity index (χ0v) is 18.9. The molecule has 2 N–H and O–H groups in total. The summed E-state index contributed by atoms with van der Waals surface area (Å²) in [5, 5.41) is 19.4. The van der Waals surface area contributed by atoms with Gasteiger partial charge in [0.2, 0.25) is 11.4 Å². The highest BCUT2D eigenvalue weighted by Crippen LogP contribution is 2.43. The Bertz CT molecular complexity index is 1150. The second-order valence-electron chi connectivity index (χ2n) is 8.03. The molecule has 0 saturated carbocycles. The van der Waals surface area contributed by atoms with Gasteiger partial charge in [0.1, 0.15) is 11.5 Å². The van der Waals surface area contributed by atoms with E-state index in [4.69, 9.17) is 19.3 Å². The van der Waals surface area contributed by atoms with E-state index in [1.165, 1.54) is 0 Å². The number of aliphatic hydroxyl groups excluding tert-OH is 1. The van der Waals surface area contributed by atoms with Gasteiger partial charge in [-0.25, -0.2) is 9.79 Å². The summed E-state index contributed by atoms with van der Waals surface area (Å²) in [5.41, 5.74) is 0.609. The molecule has 0 radical (unpaired) electrons. The minimum atomic E-state index is -1.56. The molecule has 1 aliphatic heterocycles. The average molecular weight is 462 g/mol. The van der Waals surface area contributed by atoms with Crippen molar-refractivity contribution in [1.29, 1.82) is 0 Å². The maximum Gasteiger partial charge on any atom is 0.336 e. The number of rotatable bonds is 10. The Labute approximate surface area is 198 Å². The molecule has 0 fully saturated rings. The van der Waals surface area contributed by atoms with Crippen molar-refractivity contribution in [2.45, 2.75) is 24.5 Å². The molecule has 0 saturated heterocycles. The molecule has 0 amide bonds. The summed E-state index contributed by atoms with van der Waals surface area (Å²) >= 11 is 0. The normalized spacial score (nSPS) is 19.2. The molecular weight excluding hydrogens is 434 g/mol. The summed E-state index contributed by atoms with van der Waals surface area (Å²) in [5.74, 6) is 0.447. The Morgan fingerprint density at radius 1 is 1.03 bits per heavy atom. The van der Waals surface area contributed by atoms with Crippen LogP contribution in [0.5, 0.6) is 11.5 Å². The molecule has 7 heteroatoms. The first-order valence-electron chi connectivity index (χ1n) is 11.1. The van der Waals surface area contributed by atoms with Crippen LogP contribution in [0.25, 0.3) is 0 Å². The number of aliphatic hydroxyl groups is 1. The number of methoxy groups -OCH3 is 1. The zero-order valence-electron chi connectivity index (χ0n) is 18.9. The molecule has 4 rings (SSSR count). The third kappa shape index (κ3) is 4.89. The van der Waals surface area contributed by atoms with Crippen LogP contribution in [0.2, 0.25) is 0 Å². The first-order valence-corrected chi connectivity index (χ1v) is 11.1. The molecule has 0 unspecified atom stereocenters. The van der Waals surface area contributed by atoms with Crippen LogP contribution in [0.1, 0.15) is 29.2 Å². The predicted octanol–water partition coefficient (Wildman–Crippen LogP) is 4.04. The van der Waals surface area contributed by atoms with Crippen molar-refractivity contribution in [2.24, 2.45) is 4.99 Å². The average Bonchev–Trinajstić information content (AvgIpc) is 3.26. The van der Waals surface area contributed by atoms with Gasteiger partial charge in [0, 0.05) is 25.0 Å². The summed E-state index contributed by atoms with van der Waals surface area (Å²) in [6.45, 7) is 0.470. The Kier molecular flexibility index (Phi) is 7.13.